The quantitative estimate of drug-likeness (QED) is 0.819. The van der Waals surface area contributed by atoms with Crippen LogP contribution in [-0.2, 0) is 0 Å². The van der Waals surface area contributed by atoms with Crippen LogP contribution in [0.2, 0.25) is 0 Å². The van der Waals surface area contributed by atoms with Crippen molar-refractivity contribution < 1.29 is 9.59 Å². The Hall–Kier alpha value is -2.14. The minimum atomic E-state index is -0.496. The van der Waals surface area contributed by atoms with Gasteiger partial charge in [0.15, 0.2) is 0 Å². The lowest BCUT2D eigenvalue weighted by Gasteiger charge is -2.34. The topological polar surface area (TPSA) is 72.2 Å². The monoisotopic (exact) mass is 386 g/mol. The van der Waals surface area contributed by atoms with Gasteiger partial charge in [0.1, 0.15) is 0 Å². The summed E-state index contributed by atoms with van der Waals surface area (Å²) < 4.78 is 1.02. The van der Waals surface area contributed by atoms with E-state index in [1.807, 2.05) is 24.3 Å². The van der Waals surface area contributed by atoms with Gasteiger partial charge in [-0.2, -0.15) is 0 Å². The fourth-order valence-corrected chi connectivity index (χ4v) is 3.19. The van der Waals surface area contributed by atoms with E-state index in [1.165, 1.54) is 6.42 Å². The summed E-state index contributed by atoms with van der Waals surface area (Å²) in [5.41, 5.74) is 7.27. The number of nitrogens with one attached hydrogen (secondary N) is 1. The Kier molecular flexibility index (Phi) is 5.00. The number of carbonyl (C=O) groups excluding carboxylic acids is 2. The number of nitrogens with two attached hydrogens (primary N) is 1. The normalized spacial score (nSPS) is 15.4. The zero-order chi connectivity index (χ0) is 17.1. The number of halogens is 1. The first-order chi connectivity index (χ1) is 11.5. The molecule has 1 saturated carbocycles. The first-order valence-corrected chi connectivity index (χ1v) is 8.80. The molecule has 1 aliphatic rings. The molecule has 0 saturated heterocycles. The van der Waals surface area contributed by atoms with Crippen molar-refractivity contribution in [3.8, 4) is 0 Å². The average molecular weight is 387 g/mol. The van der Waals surface area contributed by atoms with Crippen LogP contribution in [0.4, 0.5) is 0 Å². The van der Waals surface area contributed by atoms with E-state index >= 15 is 0 Å². The molecule has 1 fully saturated rings. The van der Waals surface area contributed by atoms with Gasteiger partial charge in [0, 0.05) is 15.6 Å². The molecule has 1 unspecified atom stereocenters. The third kappa shape index (κ3) is 3.67. The molecule has 1 aliphatic carbocycles. The maximum atomic E-state index is 12.6. The molecular weight excluding hydrogens is 368 g/mol. The zero-order valence-electron chi connectivity index (χ0n) is 13.2. The highest BCUT2D eigenvalue weighted by Crippen LogP contribution is 2.38. The maximum absolute atomic E-state index is 12.6. The molecule has 3 N–H and O–H groups in total. The Bertz CT molecular complexity index is 737. The van der Waals surface area contributed by atoms with Crippen LogP contribution in [0.15, 0.2) is 53.0 Å². The van der Waals surface area contributed by atoms with Gasteiger partial charge in [-0.25, -0.2) is 0 Å². The first kappa shape index (κ1) is 16.7. The molecule has 1 atom stereocenters. The predicted octanol–water partition coefficient (Wildman–Crippen LogP) is 3.82. The van der Waals surface area contributed by atoms with Crippen LogP contribution in [0.1, 0.15) is 51.6 Å². The van der Waals surface area contributed by atoms with E-state index in [1.54, 1.807) is 24.3 Å². The summed E-state index contributed by atoms with van der Waals surface area (Å²) >= 11 is 3.44. The molecule has 2 aromatic rings. The van der Waals surface area contributed by atoms with Gasteiger partial charge in [0.2, 0.25) is 5.91 Å². The second kappa shape index (κ2) is 7.18. The molecule has 4 nitrogen and oxygen atoms in total. The van der Waals surface area contributed by atoms with E-state index in [-0.39, 0.29) is 11.9 Å². The molecule has 0 spiro atoms. The van der Waals surface area contributed by atoms with E-state index in [2.05, 4.69) is 21.2 Å². The highest BCUT2D eigenvalue weighted by atomic mass is 79.9. The number of rotatable bonds is 5. The van der Waals surface area contributed by atoms with Crippen molar-refractivity contribution in [2.24, 2.45) is 11.7 Å². The van der Waals surface area contributed by atoms with Crippen molar-refractivity contribution in [3.05, 3.63) is 69.7 Å². The minimum Gasteiger partial charge on any atom is -0.366 e. The Balaban J connectivity index is 1.77. The Morgan fingerprint density at radius 1 is 1.00 bits per heavy atom. The summed E-state index contributed by atoms with van der Waals surface area (Å²) in [6, 6.07) is 14.5. The van der Waals surface area contributed by atoms with Crippen molar-refractivity contribution in [3.63, 3.8) is 0 Å². The van der Waals surface area contributed by atoms with Crippen molar-refractivity contribution in [1.82, 2.24) is 5.32 Å². The molecule has 2 aromatic carbocycles. The number of hydrogen-bond acceptors (Lipinski definition) is 2. The number of benzene rings is 2. The van der Waals surface area contributed by atoms with Gasteiger partial charge < -0.3 is 11.1 Å². The molecule has 0 bridgehead atoms. The van der Waals surface area contributed by atoms with Gasteiger partial charge in [-0.1, -0.05) is 34.5 Å². The van der Waals surface area contributed by atoms with E-state index in [0.717, 1.165) is 22.9 Å². The first-order valence-electron chi connectivity index (χ1n) is 8.01. The number of primary amides is 1. The second-order valence-electron chi connectivity index (χ2n) is 6.14. The maximum Gasteiger partial charge on any atom is 0.251 e. The number of hydrogen-bond donors (Lipinski definition) is 2. The van der Waals surface area contributed by atoms with Crippen molar-refractivity contribution in [1.29, 1.82) is 0 Å². The van der Waals surface area contributed by atoms with Crippen molar-refractivity contribution in [2.75, 3.05) is 0 Å². The van der Waals surface area contributed by atoms with Crippen LogP contribution in [0.25, 0.3) is 0 Å². The van der Waals surface area contributed by atoms with E-state index < -0.39 is 5.91 Å². The lowest BCUT2D eigenvalue weighted by atomic mass is 9.77. The fraction of sp³-hybridized carbons (Fsp3) is 0.263. The van der Waals surface area contributed by atoms with Gasteiger partial charge in [0.25, 0.3) is 5.91 Å². The van der Waals surface area contributed by atoms with Gasteiger partial charge >= 0.3 is 0 Å². The van der Waals surface area contributed by atoms with Crippen LogP contribution >= 0.6 is 15.9 Å². The van der Waals surface area contributed by atoms with Crippen LogP contribution in [0.5, 0.6) is 0 Å². The highest BCUT2D eigenvalue weighted by Gasteiger charge is 2.30. The van der Waals surface area contributed by atoms with Crippen molar-refractivity contribution in [2.45, 2.75) is 25.3 Å². The number of carbonyl (C=O) groups is 2. The Morgan fingerprint density at radius 2 is 1.58 bits per heavy atom. The molecular formula is C19H19BrN2O2. The molecule has 2 amide bonds. The van der Waals surface area contributed by atoms with Gasteiger partial charge in [-0.15, -0.1) is 0 Å². The molecule has 0 aliphatic heterocycles. The van der Waals surface area contributed by atoms with Crippen LogP contribution in [0, 0.1) is 5.92 Å². The molecule has 0 aromatic heterocycles. The summed E-state index contributed by atoms with van der Waals surface area (Å²) in [7, 11) is 0. The minimum absolute atomic E-state index is 0.00941. The largest absolute Gasteiger partial charge is 0.366 e. The van der Waals surface area contributed by atoms with Crippen LogP contribution < -0.4 is 11.1 Å². The third-order valence-corrected chi connectivity index (χ3v) is 5.10. The molecule has 3 rings (SSSR count). The summed E-state index contributed by atoms with van der Waals surface area (Å²) in [5.74, 6) is -0.157. The van der Waals surface area contributed by atoms with Gasteiger partial charge in [-0.05, 0) is 60.7 Å². The smallest absolute Gasteiger partial charge is 0.251 e. The standard InChI is InChI=1S/C19H19BrN2O2/c20-16-10-8-13(9-11-16)17(12-2-1-3-12)22-19(24)15-6-4-14(5-7-15)18(21)23/h4-12,17H,1-3H2,(H2,21,23)(H,22,24). The molecule has 0 heterocycles. The van der Waals surface area contributed by atoms with Crippen LogP contribution in [-0.4, -0.2) is 11.8 Å². The van der Waals surface area contributed by atoms with Crippen molar-refractivity contribution >= 4 is 27.7 Å². The Morgan fingerprint density at radius 3 is 2.08 bits per heavy atom. The third-order valence-electron chi connectivity index (χ3n) is 4.57. The van der Waals surface area contributed by atoms with Gasteiger partial charge in [0.05, 0.1) is 6.04 Å². The molecule has 0 radical (unpaired) electrons. The summed E-state index contributed by atoms with van der Waals surface area (Å²) in [4.78, 5) is 23.7. The second-order valence-corrected chi connectivity index (χ2v) is 7.05. The SMILES string of the molecule is NC(=O)c1ccc(C(=O)NC(c2ccc(Br)cc2)C2CCC2)cc1. The predicted molar refractivity (Wildman–Crippen MR) is 96.7 cm³/mol. The fourth-order valence-electron chi connectivity index (χ4n) is 2.93. The molecule has 24 heavy (non-hydrogen) atoms. The zero-order valence-corrected chi connectivity index (χ0v) is 14.8. The summed E-state index contributed by atoms with van der Waals surface area (Å²) in [5, 5.41) is 3.15. The Labute approximate surface area is 149 Å². The lowest BCUT2D eigenvalue weighted by Crippen LogP contribution is -2.36. The summed E-state index contributed by atoms with van der Waals surface area (Å²) in [6.45, 7) is 0. The van der Waals surface area contributed by atoms with E-state index in [0.29, 0.717) is 17.0 Å². The van der Waals surface area contributed by atoms with Crippen LogP contribution in [0.3, 0.4) is 0 Å². The highest BCUT2D eigenvalue weighted by molar-refractivity contribution is 9.10. The average Bonchev–Trinajstić information content (AvgIpc) is 2.53. The molecule has 5 heteroatoms. The summed E-state index contributed by atoms with van der Waals surface area (Å²) in [6.07, 6.45) is 3.46. The van der Waals surface area contributed by atoms with E-state index in [9.17, 15) is 9.59 Å². The van der Waals surface area contributed by atoms with E-state index in [4.69, 9.17) is 5.73 Å². The number of amides is 2. The molecule has 124 valence electrons. The van der Waals surface area contributed by atoms with Gasteiger partial charge in [-0.3, -0.25) is 9.59 Å². The lowest BCUT2D eigenvalue weighted by molar-refractivity contribution is 0.0899.